The Balaban J connectivity index is 1.42. The Morgan fingerprint density at radius 3 is 3.07 bits per heavy atom. The lowest BCUT2D eigenvalue weighted by Crippen LogP contribution is -2.52. The third-order valence-electron chi connectivity index (χ3n) is 6.13. The van der Waals surface area contributed by atoms with E-state index in [1.54, 1.807) is 11.6 Å². The maximum atomic E-state index is 12.7. The molecule has 0 spiro atoms. The number of amides is 1. The highest BCUT2D eigenvalue weighted by Gasteiger charge is 2.41. The van der Waals surface area contributed by atoms with Crippen molar-refractivity contribution in [1.82, 2.24) is 20.1 Å². The van der Waals surface area contributed by atoms with E-state index in [2.05, 4.69) is 20.4 Å². The number of hydrogen-bond acceptors (Lipinski definition) is 7. The molecule has 2 bridgehead atoms. The fraction of sp³-hybridized carbons (Fsp3) is 0.579. The van der Waals surface area contributed by atoms with E-state index in [4.69, 9.17) is 4.74 Å². The second-order valence-corrected chi connectivity index (χ2v) is 8.60. The number of carbonyl (C=O) groups is 1. The summed E-state index contributed by atoms with van der Waals surface area (Å²) < 4.78 is 7.40. The van der Waals surface area contributed by atoms with Crippen LogP contribution in [0.15, 0.2) is 28.5 Å². The molecule has 1 N–H and O–H groups in total. The summed E-state index contributed by atoms with van der Waals surface area (Å²) in [7, 11) is 0. The van der Waals surface area contributed by atoms with Crippen LogP contribution in [0.4, 0.5) is 5.13 Å². The standard InChI is InChI=1S/C19H23N5O3S/c25-17-5-1-3-14-12-7-13(10-23(9-12)19-22-21-11-28-19)15(24(14)17)8-20-18(26)16-4-2-6-27-16/h1,3,5,11-13,15-16H,2,4,6-10H2,(H,20,26)/t12-,13+,15+,16-/m1/s1. The Kier molecular flexibility index (Phi) is 4.64. The van der Waals surface area contributed by atoms with Crippen molar-refractivity contribution in [3.63, 3.8) is 0 Å². The normalized spacial score (nSPS) is 28.8. The highest BCUT2D eigenvalue weighted by Crippen LogP contribution is 2.42. The molecule has 2 fully saturated rings. The third-order valence-corrected chi connectivity index (χ3v) is 6.88. The van der Waals surface area contributed by atoms with Gasteiger partial charge in [0, 0.05) is 43.9 Å². The molecule has 2 saturated heterocycles. The van der Waals surface area contributed by atoms with Gasteiger partial charge in [-0.2, -0.15) is 0 Å². The molecule has 8 nitrogen and oxygen atoms in total. The molecule has 0 radical (unpaired) electrons. The van der Waals surface area contributed by atoms with E-state index in [1.807, 2.05) is 16.7 Å². The van der Waals surface area contributed by atoms with Crippen molar-refractivity contribution in [3.05, 3.63) is 39.8 Å². The maximum absolute atomic E-state index is 12.7. The number of nitrogens with one attached hydrogen (secondary N) is 1. The van der Waals surface area contributed by atoms with E-state index in [-0.39, 0.29) is 35.4 Å². The summed E-state index contributed by atoms with van der Waals surface area (Å²) in [5.41, 5.74) is 2.81. The number of ether oxygens (including phenoxy) is 1. The molecule has 0 aromatic carbocycles. The van der Waals surface area contributed by atoms with E-state index < -0.39 is 0 Å². The van der Waals surface area contributed by atoms with Gasteiger partial charge in [-0.05, 0) is 31.2 Å². The van der Waals surface area contributed by atoms with E-state index in [9.17, 15) is 9.59 Å². The Morgan fingerprint density at radius 1 is 1.36 bits per heavy atom. The number of nitrogens with zero attached hydrogens (tertiary/aromatic N) is 4. The zero-order valence-corrected chi connectivity index (χ0v) is 16.3. The van der Waals surface area contributed by atoms with E-state index in [0.717, 1.165) is 43.2 Å². The maximum Gasteiger partial charge on any atom is 0.251 e. The molecule has 5 heterocycles. The fourth-order valence-corrected chi connectivity index (χ4v) is 5.45. The molecule has 28 heavy (non-hydrogen) atoms. The monoisotopic (exact) mass is 401 g/mol. The van der Waals surface area contributed by atoms with Gasteiger partial charge in [0.25, 0.3) is 5.56 Å². The van der Waals surface area contributed by atoms with Gasteiger partial charge in [0.1, 0.15) is 11.6 Å². The molecular weight excluding hydrogens is 378 g/mol. The quantitative estimate of drug-likeness (QED) is 0.827. The molecule has 9 heteroatoms. The summed E-state index contributed by atoms with van der Waals surface area (Å²) in [5, 5.41) is 12.2. The average Bonchev–Trinajstić information content (AvgIpc) is 3.42. The van der Waals surface area contributed by atoms with Crippen LogP contribution in [0.25, 0.3) is 0 Å². The summed E-state index contributed by atoms with van der Waals surface area (Å²) >= 11 is 1.54. The largest absolute Gasteiger partial charge is 0.368 e. The molecule has 0 unspecified atom stereocenters. The second kappa shape index (κ2) is 7.29. The van der Waals surface area contributed by atoms with Gasteiger partial charge in [0.15, 0.2) is 0 Å². The van der Waals surface area contributed by atoms with E-state index in [0.29, 0.717) is 13.2 Å². The second-order valence-electron chi connectivity index (χ2n) is 7.79. The zero-order chi connectivity index (χ0) is 19.1. The van der Waals surface area contributed by atoms with Gasteiger partial charge in [0.2, 0.25) is 11.0 Å². The molecular formula is C19H23N5O3S. The topological polar surface area (TPSA) is 89.4 Å². The van der Waals surface area contributed by atoms with Crippen LogP contribution in [0, 0.1) is 5.92 Å². The van der Waals surface area contributed by atoms with Crippen LogP contribution in [0.5, 0.6) is 0 Å². The van der Waals surface area contributed by atoms with Gasteiger partial charge in [-0.25, -0.2) is 0 Å². The number of rotatable bonds is 4. The number of fused-ring (bicyclic) bond motifs is 4. The number of piperidine rings is 1. The van der Waals surface area contributed by atoms with Crippen molar-refractivity contribution in [2.45, 2.75) is 37.3 Å². The van der Waals surface area contributed by atoms with Crippen LogP contribution < -0.4 is 15.8 Å². The van der Waals surface area contributed by atoms with Crippen molar-refractivity contribution >= 4 is 22.4 Å². The average molecular weight is 401 g/mol. The van der Waals surface area contributed by atoms with E-state index in [1.165, 1.54) is 11.3 Å². The fourth-order valence-electron chi connectivity index (χ4n) is 4.87. The van der Waals surface area contributed by atoms with Gasteiger partial charge in [-0.3, -0.25) is 9.59 Å². The number of anilines is 1. The number of aromatic nitrogens is 3. The molecule has 3 aliphatic heterocycles. The van der Waals surface area contributed by atoms with Crippen molar-refractivity contribution < 1.29 is 9.53 Å². The number of pyridine rings is 1. The molecule has 0 aliphatic carbocycles. The van der Waals surface area contributed by atoms with Gasteiger partial charge in [-0.1, -0.05) is 17.4 Å². The van der Waals surface area contributed by atoms with Gasteiger partial charge < -0.3 is 19.5 Å². The first-order chi connectivity index (χ1) is 13.7. The Hall–Kier alpha value is -2.26. The molecule has 1 amide bonds. The van der Waals surface area contributed by atoms with Crippen LogP contribution in [0.2, 0.25) is 0 Å². The predicted molar refractivity (Wildman–Crippen MR) is 105 cm³/mol. The predicted octanol–water partition coefficient (Wildman–Crippen LogP) is 1.16. The first-order valence-corrected chi connectivity index (χ1v) is 10.7. The lowest BCUT2D eigenvalue weighted by Gasteiger charge is -2.46. The van der Waals surface area contributed by atoms with Gasteiger partial charge in [0.05, 0.1) is 6.04 Å². The summed E-state index contributed by atoms with van der Waals surface area (Å²) in [6.07, 6.45) is 2.35. The molecule has 3 aliphatic rings. The Morgan fingerprint density at radius 2 is 2.29 bits per heavy atom. The summed E-state index contributed by atoms with van der Waals surface area (Å²) in [6, 6.07) is 5.42. The lowest BCUT2D eigenvalue weighted by atomic mass is 9.78. The molecule has 2 aromatic heterocycles. The van der Waals surface area contributed by atoms with Crippen molar-refractivity contribution in [2.75, 3.05) is 31.1 Å². The molecule has 5 rings (SSSR count). The summed E-state index contributed by atoms with van der Waals surface area (Å²) in [4.78, 5) is 27.4. The molecule has 0 saturated carbocycles. The van der Waals surface area contributed by atoms with Crippen LogP contribution in [0.1, 0.15) is 36.9 Å². The van der Waals surface area contributed by atoms with Gasteiger partial charge >= 0.3 is 0 Å². The van der Waals surface area contributed by atoms with Crippen LogP contribution in [-0.2, 0) is 9.53 Å². The zero-order valence-electron chi connectivity index (χ0n) is 15.5. The van der Waals surface area contributed by atoms with Crippen molar-refractivity contribution in [3.8, 4) is 0 Å². The third kappa shape index (κ3) is 3.12. The first-order valence-electron chi connectivity index (χ1n) is 9.82. The van der Waals surface area contributed by atoms with Crippen LogP contribution in [0.3, 0.4) is 0 Å². The minimum atomic E-state index is -0.354. The molecule has 148 valence electrons. The minimum Gasteiger partial charge on any atom is -0.368 e. The van der Waals surface area contributed by atoms with Gasteiger partial charge in [-0.15, -0.1) is 10.2 Å². The Bertz CT molecular complexity index is 909. The molecule has 2 aromatic rings. The lowest BCUT2D eigenvalue weighted by molar-refractivity contribution is -0.130. The minimum absolute atomic E-state index is 0.00734. The summed E-state index contributed by atoms with van der Waals surface area (Å²) in [5.74, 6) is 0.476. The summed E-state index contributed by atoms with van der Waals surface area (Å²) in [6.45, 7) is 2.74. The molecule has 4 atom stereocenters. The Labute approximate surface area is 166 Å². The van der Waals surface area contributed by atoms with Crippen molar-refractivity contribution in [1.29, 1.82) is 0 Å². The number of carbonyl (C=O) groups excluding carboxylic acids is 1. The van der Waals surface area contributed by atoms with Crippen LogP contribution in [-0.4, -0.2) is 53.0 Å². The highest BCUT2D eigenvalue weighted by molar-refractivity contribution is 7.13. The highest BCUT2D eigenvalue weighted by atomic mass is 32.1. The van der Waals surface area contributed by atoms with E-state index >= 15 is 0 Å². The van der Waals surface area contributed by atoms with Crippen molar-refractivity contribution in [2.24, 2.45) is 5.92 Å². The first kappa shape index (κ1) is 17.8. The smallest absolute Gasteiger partial charge is 0.251 e. The SMILES string of the molecule is O=C(NC[C@H]1[C@H]2C[C@H](CN(c3nncs3)C2)c2cccc(=O)n21)[C@H]1CCCO1. The van der Waals surface area contributed by atoms with Crippen LogP contribution >= 0.6 is 11.3 Å². The number of hydrogen-bond donors (Lipinski definition) is 1.